The van der Waals surface area contributed by atoms with E-state index in [-0.39, 0.29) is 23.0 Å². The Morgan fingerprint density at radius 3 is 2.17 bits per heavy atom. The van der Waals surface area contributed by atoms with Crippen LogP contribution in [0.3, 0.4) is 0 Å². The lowest BCUT2D eigenvalue weighted by molar-refractivity contribution is -0.152. The van der Waals surface area contributed by atoms with Crippen LogP contribution in [0.15, 0.2) is 4.99 Å². The second-order valence-corrected chi connectivity index (χ2v) is 14.5. The third-order valence-corrected chi connectivity index (χ3v) is 9.73. The van der Waals surface area contributed by atoms with Crippen molar-refractivity contribution >= 4 is 20.5 Å². The fraction of sp³-hybridized carbons (Fsp3) is 0.895. The fourth-order valence-corrected chi connectivity index (χ4v) is 3.51. The molecule has 5 heteroatoms. The molecule has 1 aliphatic carbocycles. The highest BCUT2D eigenvalue weighted by atomic mass is 28.4. The number of ether oxygens (including phenoxy) is 1. The molecule has 0 aromatic carbocycles. The summed E-state index contributed by atoms with van der Waals surface area (Å²) in [6.45, 7) is 18.0. The number of nitrogens with zero attached hydrogens (tertiary/aromatic N) is 1. The van der Waals surface area contributed by atoms with E-state index < -0.39 is 13.9 Å². The summed E-state index contributed by atoms with van der Waals surface area (Å²) < 4.78 is 11.7. The standard InChI is InChI=1S/C19H37NO3Si/c1-17(2,3)23-16(21)14-20-13-12-19(10-9-11-19)15-22-24(7,8)18(4,5)6/h13H,9-12,14-15H2,1-8H3/b20-13+. The molecule has 24 heavy (non-hydrogen) atoms. The number of aliphatic imine (C=N–C) groups is 1. The Labute approximate surface area is 149 Å². The van der Waals surface area contributed by atoms with Crippen molar-refractivity contribution in [1.82, 2.24) is 0 Å². The number of hydrogen-bond donors (Lipinski definition) is 0. The van der Waals surface area contributed by atoms with E-state index in [1.807, 2.05) is 27.0 Å². The Kier molecular flexibility index (Phi) is 6.84. The summed E-state index contributed by atoms with van der Waals surface area (Å²) in [7, 11) is -1.71. The van der Waals surface area contributed by atoms with Crippen LogP contribution in [0, 0.1) is 5.41 Å². The lowest BCUT2D eigenvalue weighted by Crippen LogP contribution is -2.46. The summed E-state index contributed by atoms with van der Waals surface area (Å²) in [6, 6.07) is 0. The van der Waals surface area contributed by atoms with Gasteiger partial charge in [-0.2, -0.15) is 0 Å². The lowest BCUT2D eigenvalue weighted by Gasteiger charge is -2.45. The van der Waals surface area contributed by atoms with E-state index in [4.69, 9.17) is 9.16 Å². The number of carbonyl (C=O) groups excluding carboxylic acids is 1. The van der Waals surface area contributed by atoms with Gasteiger partial charge in [0.1, 0.15) is 12.1 Å². The molecule has 0 amide bonds. The van der Waals surface area contributed by atoms with Crippen LogP contribution in [0.1, 0.15) is 67.2 Å². The zero-order chi connectivity index (χ0) is 18.6. The topological polar surface area (TPSA) is 47.9 Å². The zero-order valence-corrected chi connectivity index (χ0v) is 18.0. The molecule has 0 saturated heterocycles. The van der Waals surface area contributed by atoms with Gasteiger partial charge in [0.15, 0.2) is 8.32 Å². The fourth-order valence-electron chi connectivity index (χ4n) is 2.41. The van der Waals surface area contributed by atoms with Crippen LogP contribution in [-0.4, -0.2) is 39.3 Å². The molecular weight excluding hydrogens is 318 g/mol. The summed E-state index contributed by atoms with van der Waals surface area (Å²) in [6.07, 6.45) is 6.45. The molecule has 0 atom stereocenters. The van der Waals surface area contributed by atoms with Crippen molar-refractivity contribution in [1.29, 1.82) is 0 Å². The third-order valence-electron chi connectivity index (χ3n) is 5.25. The molecule has 0 heterocycles. The summed E-state index contributed by atoms with van der Waals surface area (Å²) >= 11 is 0. The van der Waals surface area contributed by atoms with Crippen molar-refractivity contribution in [3.8, 4) is 0 Å². The van der Waals surface area contributed by atoms with Crippen LogP contribution < -0.4 is 0 Å². The van der Waals surface area contributed by atoms with Gasteiger partial charge < -0.3 is 9.16 Å². The maximum Gasteiger partial charge on any atom is 0.328 e. The normalized spacial score (nSPS) is 18.5. The van der Waals surface area contributed by atoms with Gasteiger partial charge in [0.25, 0.3) is 0 Å². The van der Waals surface area contributed by atoms with E-state index >= 15 is 0 Å². The van der Waals surface area contributed by atoms with E-state index in [0.29, 0.717) is 0 Å². The second kappa shape index (κ2) is 7.69. The number of hydrogen-bond acceptors (Lipinski definition) is 4. The Balaban J connectivity index is 2.47. The molecule has 140 valence electrons. The van der Waals surface area contributed by atoms with Crippen molar-refractivity contribution < 1.29 is 14.0 Å². The van der Waals surface area contributed by atoms with Crippen LogP contribution in [-0.2, 0) is 14.0 Å². The van der Waals surface area contributed by atoms with Crippen molar-refractivity contribution in [2.45, 2.75) is 91.0 Å². The first-order valence-corrected chi connectivity index (χ1v) is 12.0. The molecule has 0 aromatic heterocycles. The van der Waals surface area contributed by atoms with Gasteiger partial charge in [0.2, 0.25) is 0 Å². The van der Waals surface area contributed by atoms with Crippen LogP contribution in [0.4, 0.5) is 0 Å². The summed E-state index contributed by atoms with van der Waals surface area (Å²) in [4.78, 5) is 16.0. The highest BCUT2D eigenvalue weighted by molar-refractivity contribution is 6.74. The molecule has 0 radical (unpaired) electrons. The van der Waals surface area contributed by atoms with E-state index in [1.54, 1.807) is 0 Å². The summed E-state index contributed by atoms with van der Waals surface area (Å²) in [5.74, 6) is -0.265. The number of carbonyl (C=O) groups is 1. The van der Waals surface area contributed by atoms with E-state index in [9.17, 15) is 4.79 Å². The SMILES string of the molecule is CC(C)(C)OC(=O)C/N=C/CC1(CO[Si](C)(C)C(C)(C)C)CCC1. The molecule has 0 bridgehead atoms. The van der Waals surface area contributed by atoms with Gasteiger partial charge in [-0.3, -0.25) is 9.79 Å². The van der Waals surface area contributed by atoms with Gasteiger partial charge >= 0.3 is 5.97 Å². The van der Waals surface area contributed by atoms with Crippen LogP contribution in [0.5, 0.6) is 0 Å². The molecule has 0 aromatic rings. The average Bonchev–Trinajstić information content (AvgIpc) is 2.32. The maximum absolute atomic E-state index is 11.7. The van der Waals surface area contributed by atoms with Crippen LogP contribution in [0.25, 0.3) is 0 Å². The van der Waals surface area contributed by atoms with Gasteiger partial charge in [-0.25, -0.2) is 0 Å². The van der Waals surface area contributed by atoms with Crippen molar-refractivity contribution in [2.24, 2.45) is 10.4 Å². The van der Waals surface area contributed by atoms with Gasteiger partial charge in [-0.05, 0) is 63.6 Å². The molecule has 4 nitrogen and oxygen atoms in total. The second-order valence-electron chi connectivity index (χ2n) is 9.72. The minimum absolute atomic E-state index is 0.108. The smallest absolute Gasteiger partial charge is 0.328 e. The lowest BCUT2D eigenvalue weighted by atomic mass is 9.67. The minimum Gasteiger partial charge on any atom is -0.459 e. The first kappa shape index (κ1) is 21.4. The monoisotopic (exact) mass is 355 g/mol. The summed E-state index contributed by atoms with van der Waals surface area (Å²) in [5, 5.41) is 0.239. The van der Waals surface area contributed by atoms with Gasteiger partial charge in [-0.15, -0.1) is 0 Å². The Bertz CT molecular complexity index is 454. The van der Waals surface area contributed by atoms with Crippen molar-refractivity contribution in [3.05, 3.63) is 0 Å². The first-order chi connectivity index (χ1) is 10.8. The number of esters is 1. The summed E-state index contributed by atoms with van der Waals surface area (Å²) in [5.41, 5.74) is -0.217. The van der Waals surface area contributed by atoms with Crippen LogP contribution in [0.2, 0.25) is 18.1 Å². The van der Waals surface area contributed by atoms with Gasteiger partial charge in [-0.1, -0.05) is 27.2 Å². The Hall–Kier alpha value is -0.683. The molecular formula is C19H37NO3Si. The van der Waals surface area contributed by atoms with E-state index in [2.05, 4.69) is 38.9 Å². The highest BCUT2D eigenvalue weighted by Crippen LogP contribution is 2.46. The van der Waals surface area contributed by atoms with Crippen molar-refractivity contribution in [2.75, 3.05) is 13.2 Å². The maximum atomic E-state index is 11.7. The van der Waals surface area contributed by atoms with Gasteiger partial charge in [0.05, 0.1) is 0 Å². The Morgan fingerprint density at radius 2 is 1.75 bits per heavy atom. The molecule has 0 N–H and O–H groups in total. The highest BCUT2D eigenvalue weighted by Gasteiger charge is 2.42. The quantitative estimate of drug-likeness (QED) is 0.367. The molecule has 1 saturated carbocycles. The Morgan fingerprint density at radius 1 is 1.17 bits per heavy atom. The van der Waals surface area contributed by atoms with E-state index in [1.165, 1.54) is 19.3 Å². The predicted octanol–water partition coefficient (Wildman–Crippen LogP) is 4.98. The third kappa shape index (κ3) is 6.67. The number of rotatable bonds is 7. The molecule has 0 unspecified atom stereocenters. The van der Waals surface area contributed by atoms with E-state index in [0.717, 1.165) is 13.0 Å². The zero-order valence-electron chi connectivity index (χ0n) is 17.0. The first-order valence-electron chi connectivity index (χ1n) is 9.11. The largest absolute Gasteiger partial charge is 0.459 e. The van der Waals surface area contributed by atoms with Gasteiger partial charge in [0, 0.05) is 12.8 Å². The average molecular weight is 356 g/mol. The molecule has 1 rings (SSSR count). The molecule has 0 spiro atoms. The predicted molar refractivity (Wildman–Crippen MR) is 103 cm³/mol. The van der Waals surface area contributed by atoms with Crippen molar-refractivity contribution in [3.63, 3.8) is 0 Å². The molecule has 1 fully saturated rings. The minimum atomic E-state index is -1.71. The van der Waals surface area contributed by atoms with Crippen LogP contribution >= 0.6 is 0 Å². The molecule has 1 aliphatic rings. The molecule has 0 aliphatic heterocycles.